The van der Waals surface area contributed by atoms with Crippen LogP contribution in [-0.4, -0.2) is 38.4 Å². The molecule has 0 N–H and O–H groups in total. The van der Waals surface area contributed by atoms with Gasteiger partial charge in [0.15, 0.2) is 0 Å². The molecular formula is C18H17N3O2S. The topological polar surface area (TPSA) is 54.8 Å². The molecule has 3 aromatic rings. The minimum Gasteiger partial charge on any atom is -0.465 e. The highest BCUT2D eigenvalue weighted by molar-refractivity contribution is 7.22. The van der Waals surface area contributed by atoms with Crippen LogP contribution in [0.4, 0.5) is 10.8 Å². The Labute approximate surface area is 144 Å². The maximum Gasteiger partial charge on any atom is 0.337 e. The molecule has 5 nitrogen and oxygen atoms in total. The molecule has 0 unspecified atom stereocenters. The number of thiazole rings is 1. The molecule has 2 aromatic carbocycles. The zero-order chi connectivity index (χ0) is 17.1. The van der Waals surface area contributed by atoms with Crippen LogP contribution in [0, 0.1) is 0 Å². The summed E-state index contributed by atoms with van der Waals surface area (Å²) >= 11 is 1.44. The average Bonchev–Trinajstić information content (AvgIpc) is 3.01. The van der Waals surface area contributed by atoms with Crippen molar-refractivity contribution in [3.05, 3.63) is 53.6 Å². The van der Waals surface area contributed by atoms with Crippen molar-refractivity contribution in [3.8, 4) is 0 Å². The Morgan fingerprint density at radius 3 is 2.62 bits per heavy atom. The Bertz CT molecular complexity index is 898. The number of fused-ring (bicyclic) bond motifs is 1. The van der Waals surface area contributed by atoms with E-state index in [9.17, 15) is 4.79 Å². The maximum atomic E-state index is 11.6. The number of aromatic nitrogens is 1. The van der Waals surface area contributed by atoms with Gasteiger partial charge in [0.25, 0.3) is 0 Å². The summed E-state index contributed by atoms with van der Waals surface area (Å²) in [5.41, 5.74) is 3.49. The van der Waals surface area contributed by atoms with E-state index in [1.54, 1.807) is 18.3 Å². The molecule has 0 saturated heterocycles. The number of esters is 1. The standard InChI is InChI=1S/C18H17N3O2S/c1-21(2)14-7-4-12(5-8-14)11-19-18-20-15-9-6-13(17(22)23-3)10-16(15)24-18/h4-11H,1-3H3/b19-11+. The van der Waals surface area contributed by atoms with Crippen molar-refractivity contribution in [1.82, 2.24) is 4.98 Å². The second-order valence-corrected chi connectivity index (χ2v) is 6.42. The molecule has 1 aromatic heterocycles. The smallest absolute Gasteiger partial charge is 0.337 e. The van der Waals surface area contributed by atoms with Crippen LogP contribution in [0.15, 0.2) is 47.5 Å². The van der Waals surface area contributed by atoms with Crippen molar-refractivity contribution in [2.75, 3.05) is 26.1 Å². The van der Waals surface area contributed by atoms with Crippen LogP contribution in [0.25, 0.3) is 10.2 Å². The van der Waals surface area contributed by atoms with Gasteiger partial charge in [-0.15, -0.1) is 0 Å². The fourth-order valence-corrected chi connectivity index (χ4v) is 3.05. The second-order valence-electron chi connectivity index (χ2n) is 5.41. The molecule has 0 bridgehead atoms. The molecule has 0 fully saturated rings. The quantitative estimate of drug-likeness (QED) is 0.534. The molecule has 0 saturated carbocycles. The van der Waals surface area contributed by atoms with Crippen LogP contribution < -0.4 is 4.90 Å². The van der Waals surface area contributed by atoms with Gasteiger partial charge in [-0.3, -0.25) is 0 Å². The maximum absolute atomic E-state index is 11.6. The van der Waals surface area contributed by atoms with Gasteiger partial charge < -0.3 is 9.64 Å². The molecule has 0 aliphatic heterocycles. The first kappa shape index (κ1) is 16.1. The van der Waals surface area contributed by atoms with Gasteiger partial charge in [0.2, 0.25) is 5.13 Å². The van der Waals surface area contributed by atoms with Gasteiger partial charge in [0.05, 0.1) is 22.9 Å². The van der Waals surface area contributed by atoms with Crippen molar-refractivity contribution >= 4 is 44.6 Å². The largest absolute Gasteiger partial charge is 0.465 e. The second kappa shape index (κ2) is 6.80. The summed E-state index contributed by atoms with van der Waals surface area (Å²) in [5.74, 6) is -0.351. The SMILES string of the molecule is COC(=O)c1ccc2nc(/N=C/c3ccc(N(C)C)cc3)sc2c1. The Kier molecular flexibility index (Phi) is 4.57. The van der Waals surface area contributed by atoms with E-state index in [2.05, 4.69) is 9.98 Å². The number of carbonyl (C=O) groups excluding carboxylic acids is 1. The summed E-state index contributed by atoms with van der Waals surface area (Å²) in [6.45, 7) is 0. The minimum absolute atomic E-state index is 0.351. The number of ether oxygens (including phenoxy) is 1. The highest BCUT2D eigenvalue weighted by Gasteiger charge is 2.09. The third-order valence-electron chi connectivity index (χ3n) is 3.53. The number of hydrogen-bond donors (Lipinski definition) is 0. The number of nitrogens with zero attached hydrogens (tertiary/aromatic N) is 3. The van der Waals surface area contributed by atoms with Crippen molar-refractivity contribution in [2.24, 2.45) is 4.99 Å². The number of aliphatic imine (C=N–C) groups is 1. The fourth-order valence-electron chi connectivity index (χ4n) is 2.20. The van der Waals surface area contributed by atoms with Crippen LogP contribution in [0.1, 0.15) is 15.9 Å². The molecule has 0 amide bonds. The predicted molar refractivity (Wildman–Crippen MR) is 99.0 cm³/mol. The monoisotopic (exact) mass is 339 g/mol. The van der Waals surface area contributed by atoms with Gasteiger partial charge in [0.1, 0.15) is 0 Å². The molecular weight excluding hydrogens is 322 g/mol. The van der Waals surface area contributed by atoms with E-state index in [1.165, 1.54) is 18.4 Å². The molecule has 0 atom stereocenters. The van der Waals surface area contributed by atoms with Crippen LogP contribution in [0.2, 0.25) is 0 Å². The van der Waals surface area contributed by atoms with Crippen molar-refractivity contribution in [1.29, 1.82) is 0 Å². The summed E-state index contributed by atoms with van der Waals surface area (Å²) in [6.07, 6.45) is 1.79. The number of carbonyl (C=O) groups is 1. The highest BCUT2D eigenvalue weighted by atomic mass is 32.1. The van der Waals surface area contributed by atoms with Crippen LogP contribution in [0.5, 0.6) is 0 Å². The fraction of sp³-hybridized carbons (Fsp3) is 0.167. The third kappa shape index (κ3) is 3.44. The highest BCUT2D eigenvalue weighted by Crippen LogP contribution is 2.29. The van der Waals surface area contributed by atoms with Crippen LogP contribution in [0.3, 0.4) is 0 Å². The van der Waals surface area contributed by atoms with E-state index in [4.69, 9.17) is 4.74 Å². The van der Waals surface area contributed by atoms with Gasteiger partial charge in [-0.1, -0.05) is 23.5 Å². The van der Waals surface area contributed by atoms with Gasteiger partial charge in [-0.25, -0.2) is 14.8 Å². The van der Waals surface area contributed by atoms with E-state index in [-0.39, 0.29) is 5.97 Å². The van der Waals surface area contributed by atoms with E-state index < -0.39 is 0 Å². The van der Waals surface area contributed by atoms with Gasteiger partial charge in [0, 0.05) is 26.0 Å². The lowest BCUT2D eigenvalue weighted by atomic mass is 10.2. The van der Waals surface area contributed by atoms with E-state index in [1.807, 2.05) is 49.3 Å². The summed E-state index contributed by atoms with van der Waals surface area (Å²) in [6, 6.07) is 13.4. The summed E-state index contributed by atoms with van der Waals surface area (Å²) in [7, 11) is 5.39. The number of hydrogen-bond acceptors (Lipinski definition) is 6. The minimum atomic E-state index is -0.351. The molecule has 0 spiro atoms. The number of benzene rings is 2. The predicted octanol–water partition coefficient (Wildman–Crippen LogP) is 3.90. The van der Waals surface area contributed by atoms with Crippen molar-refractivity contribution < 1.29 is 9.53 Å². The first-order chi connectivity index (χ1) is 11.6. The van der Waals surface area contributed by atoms with Crippen molar-refractivity contribution in [3.63, 3.8) is 0 Å². The Hall–Kier alpha value is -2.73. The summed E-state index contributed by atoms with van der Waals surface area (Å²) < 4.78 is 5.65. The molecule has 0 radical (unpaired) electrons. The molecule has 24 heavy (non-hydrogen) atoms. The normalized spacial score (nSPS) is 11.1. The Morgan fingerprint density at radius 2 is 1.96 bits per heavy atom. The zero-order valence-electron chi connectivity index (χ0n) is 13.7. The van der Waals surface area contributed by atoms with E-state index in [0.717, 1.165) is 21.5 Å². The van der Waals surface area contributed by atoms with Crippen LogP contribution >= 0.6 is 11.3 Å². The zero-order valence-corrected chi connectivity index (χ0v) is 14.5. The molecule has 1 heterocycles. The number of anilines is 1. The first-order valence-corrected chi connectivity index (χ1v) is 8.19. The molecule has 3 rings (SSSR count). The van der Waals surface area contributed by atoms with E-state index >= 15 is 0 Å². The molecule has 6 heteroatoms. The van der Waals surface area contributed by atoms with Crippen molar-refractivity contribution in [2.45, 2.75) is 0 Å². The lowest BCUT2D eigenvalue weighted by Crippen LogP contribution is -2.08. The Morgan fingerprint density at radius 1 is 1.21 bits per heavy atom. The summed E-state index contributed by atoms with van der Waals surface area (Å²) in [4.78, 5) is 22.5. The van der Waals surface area contributed by atoms with Gasteiger partial charge >= 0.3 is 5.97 Å². The average molecular weight is 339 g/mol. The lowest BCUT2D eigenvalue weighted by Gasteiger charge is -2.11. The van der Waals surface area contributed by atoms with Gasteiger partial charge in [-0.2, -0.15) is 0 Å². The number of methoxy groups -OCH3 is 1. The molecule has 122 valence electrons. The van der Waals surface area contributed by atoms with Crippen LogP contribution in [-0.2, 0) is 4.74 Å². The third-order valence-corrected chi connectivity index (χ3v) is 4.46. The molecule has 0 aliphatic rings. The van der Waals surface area contributed by atoms with Gasteiger partial charge in [-0.05, 0) is 35.9 Å². The van der Waals surface area contributed by atoms with E-state index in [0.29, 0.717) is 10.7 Å². The Balaban J connectivity index is 1.83. The lowest BCUT2D eigenvalue weighted by molar-refractivity contribution is 0.0601. The number of rotatable bonds is 4. The summed E-state index contributed by atoms with van der Waals surface area (Å²) in [5, 5.41) is 0.656. The molecule has 0 aliphatic carbocycles. The first-order valence-electron chi connectivity index (χ1n) is 7.37.